The first kappa shape index (κ1) is 13.7. The minimum absolute atomic E-state index is 0.0231. The van der Waals surface area contributed by atoms with Crippen LogP contribution in [-0.2, 0) is 4.79 Å². The van der Waals surface area contributed by atoms with Crippen molar-refractivity contribution in [3.8, 4) is 0 Å². The van der Waals surface area contributed by atoms with Crippen LogP contribution in [-0.4, -0.2) is 22.6 Å². The number of nitrogens with zero attached hydrogens (tertiary/aromatic N) is 1. The monoisotopic (exact) mass is 238 g/mol. The highest BCUT2D eigenvalue weighted by Gasteiger charge is 2.20. The van der Waals surface area contributed by atoms with Crippen molar-refractivity contribution in [2.45, 2.75) is 33.2 Å². The van der Waals surface area contributed by atoms with E-state index in [4.69, 9.17) is 5.73 Å². The number of hydrogen-bond donors (Lipinski definition) is 3. The lowest BCUT2D eigenvalue weighted by atomic mass is 9.96. The molecule has 96 valence electrons. The molecule has 1 rings (SSSR count). The Morgan fingerprint density at radius 3 is 2.71 bits per heavy atom. The van der Waals surface area contributed by atoms with Crippen LogP contribution in [0.3, 0.4) is 0 Å². The maximum absolute atomic E-state index is 12.0. The van der Waals surface area contributed by atoms with Gasteiger partial charge in [0.15, 0.2) is 0 Å². The summed E-state index contributed by atoms with van der Waals surface area (Å²) in [5.74, 6) is 0.387. The van der Waals surface area contributed by atoms with Crippen LogP contribution in [0.15, 0.2) is 12.4 Å². The number of amides is 1. The van der Waals surface area contributed by atoms with E-state index < -0.39 is 0 Å². The zero-order valence-electron chi connectivity index (χ0n) is 10.7. The fraction of sp³-hybridized carbons (Fsp3) is 0.667. The number of aromatic amines is 1. The maximum atomic E-state index is 12.0. The summed E-state index contributed by atoms with van der Waals surface area (Å²) in [7, 11) is 0. The van der Waals surface area contributed by atoms with Gasteiger partial charge in [-0.2, -0.15) is 5.10 Å². The third-order valence-electron chi connectivity index (χ3n) is 2.79. The van der Waals surface area contributed by atoms with Gasteiger partial charge in [0, 0.05) is 18.3 Å². The lowest BCUT2D eigenvalue weighted by molar-refractivity contribution is -0.125. The second kappa shape index (κ2) is 6.39. The fourth-order valence-electron chi connectivity index (χ4n) is 1.79. The van der Waals surface area contributed by atoms with Gasteiger partial charge >= 0.3 is 0 Å². The highest BCUT2D eigenvalue weighted by molar-refractivity contribution is 5.79. The Kier molecular flexibility index (Phi) is 5.15. The minimum Gasteiger partial charge on any atom is -0.349 e. The molecule has 5 heteroatoms. The molecule has 0 aliphatic rings. The van der Waals surface area contributed by atoms with Gasteiger partial charge in [0.2, 0.25) is 5.91 Å². The van der Waals surface area contributed by atoms with Crippen molar-refractivity contribution >= 4 is 5.91 Å². The number of carbonyl (C=O) groups is 1. The molecular formula is C12H22N4O. The predicted molar refractivity (Wildman–Crippen MR) is 67.1 cm³/mol. The third-order valence-corrected chi connectivity index (χ3v) is 2.79. The van der Waals surface area contributed by atoms with Crippen LogP contribution < -0.4 is 11.1 Å². The first-order chi connectivity index (χ1) is 8.04. The molecule has 0 radical (unpaired) electrons. The Morgan fingerprint density at radius 1 is 1.53 bits per heavy atom. The van der Waals surface area contributed by atoms with Crippen molar-refractivity contribution in [3.05, 3.63) is 18.0 Å². The molecule has 1 heterocycles. The molecule has 0 bridgehead atoms. The summed E-state index contributed by atoms with van der Waals surface area (Å²) in [4.78, 5) is 12.0. The molecule has 0 saturated carbocycles. The zero-order valence-corrected chi connectivity index (χ0v) is 10.7. The topological polar surface area (TPSA) is 83.8 Å². The van der Waals surface area contributed by atoms with E-state index >= 15 is 0 Å². The number of nitrogens with two attached hydrogens (primary N) is 1. The number of carbonyl (C=O) groups excluding carboxylic acids is 1. The normalized spacial score (nSPS) is 14.6. The average molecular weight is 238 g/mol. The van der Waals surface area contributed by atoms with Crippen molar-refractivity contribution in [3.63, 3.8) is 0 Å². The summed E-state index contributed by atoms with van der Waals surface area (Å²) in [6.07, 6.45) is 4.32. The summed E-state index contributed by atoms with van der Waals surface area (Å²) in [6, 6.07) is -0.0394. The van der Waals surface area contributed by atoms with Crippen molar-refractivity contribution < 1.29 is 4.79 Å². The van der Waals surface area contributed by atoms with Gasteiger partial charge in [-0.3, -0.25) is 9.89 Å². The Hall–Kier alpha value is -1.36. The second-order valence-electron chi connectivity index (χ2n) is 4.82. The van der Waals surface area contributed by atoms with E-state index in [-0.39, 0.29) is 17.9 Å². The molecule has 2 unspecified atom stereocenters. The fourth-order valence-corrected chi connectivity index (χ4v) is 1.79. The Bertz CT molecular complexity index is 334. The lowest BCUT2D eigenvalue weighted by Crippen LogP contribution is -2.37. The molecule has 0 fully saturated rings. The molecule has 0 saturated heterocycles. The second-order valence-corrected chi connectivity index (χ2v) is 4.82. The number of nitrogens with one attached hydrogen (secondary N) is 2. The van der Waals surface area contributed by atoms with Gasteiger partial charge in [0.1, 0.15) is 0 Å². The first-order valence-electron chi connectivity index (χ1n) is 6.03. The summed E-state index contributed by atoms with van der Waals surface area (Å²) < 4.78 is 0. The van der Waals surface area contributed by atoms with Gasteiger partial charge in [-0.25, -0.2) is 0 Å². The van der Waals surface area contributed by atoms with Crippen molar-refractivity contribution in [1.29, 1.82) is 0 Å². The lowest BCUT2D eigenvalue weighted by Gasteiger charge is -2.19. The average Bonchev–Trinajstić information content (AvgIpc) is 2.78. The van der Waals surface area contributed by atoms with Gasteiger partial charge < -0.3 is 11.1 Å². The van der Waals surface area contributed by atoms with Crippen molar-refractivity contribution in [2.75, 3.05) is 6.54 Å². The molecule has 5 nitrogen and oxygen atoms in total. The predicted octanol–water partition coefficient (Wildman–Crippen LogP) is 1.21. The van der Waals surface area contributed by atoms with Crippen LogP contribution in [0.5, 0.6) is 0 Å². The summed E-state index contributed by atoms with van der Waals surface area (Å²) in [5.41, 5.74) is 6.61. The minimum atomic E-state index is -0.107. The highest BCUT2D eigenvalue weighted by atomic mass is 16.1. The van der Waals surface area contributed by atoms with Crippen LogP contribution in [0.2, 0.25) is 0 Å². The van der Waals surface area contributed by atoms with E-state index in [2.05, 4.69) is 29.4 Å². The van der Waals surface area contributed by atoms with E-state index in [1.807, 2.05) is 6.92 Å². The highest BCUT2D eigenvalue weighted by Crippen LogP contribution is 2.14. The molecule has 0 aromatic carbocycles. The van der Waals surface area contributed by atoms with E-state index in [0.29, 0.717) is 12.5 Å². The summed E-state index contributed by atoms with van der Waals surface area (Å²) in [6.45, 7) is 6.51. The van der Waals surface area contributed by atoms with Crippen LogP contribution in [0, 0.1) is 11.8 Å². The Morgan fingerprint density at radius 2 is 2.24 bits per heavy atom. The number of H-pyrrole nitrogens is 1. The van der Waals surface area contributed by atoms with E-state index in [1.54, 1.807) is 12.4 Å². The molecule has 1 amide bonds. The van der Waals surface area contributed by atoms with Crippen LogP contribution in [0.1, 0.15) is 38.8 Å². The maximum Gasteiger partial charge on any atom is 0.224 e. The quantitative estimate of drug-likeness (QED) is 0.696. The van der Waals surface area contributed by atoms with Crippen LogP contribution in [0.4, 0.5) is 0 Å². The summed E-state index contributed by atoms with van der Waals surface area (Å²) >= 11 is 0. The number of aromatic nitrogens is 2. The third kappa shape index (κ3) is 4.19. The van der Waals surface area contributed by atoms with E-state index in [9.17, 15) is 4.79 Å². The Balaban J connectivity index is 2.52. The molecule has 1 aromatic heterocycles. The van der Waals surface area contributed by atoms with Gasteiger partial charge in [-0.15, -0.1) is 0 Å². The van der Waals surface area contributed by atoms with Gasteiger partial charge in [-0.05, 0) is 19.3 Å². The standard InChI is InChI=1S/C12H22N4O/c1-8(2)4-10(5-13)12(17)16-9(3)11-6-14-15-7-11/h6-10H,4-5,13H2,1-3H3,(H,14,15)(H,16,17). The molecular weight excluding hydrogens is 216 g/mol. The number of rotatable bonds is 6. The van der Waals surface area contributed by atoms with Crippen LogP contribution >= 0.6 is 0 Å². The number of hydrogen-bond acceptors (Lipinski definition) is 3. The summed E-state index contributed by atoms with van der Waals surface area (Å²) in [5, 5.41) is 9.56. The van der Waals surface area contributed by atoms with Crippen LogP contribution in [0.25, 0.3) is 0 Å². The zero-order chi connectivity index (χ0) is 12.8. The Labute approximate surface area is 102 Å². The molecule has 1 aromatic rings. The van der Waals surface area contributed by atoms with Gasteiger partial charge in [0.05, 0.1) is 18.2 Å². The molecule has 0 aliphatic heterocycles. The smallest absolute Gasteiger partial charge is 0.224 e. The van der Waals surface area contributed by atoms with E-state index in [1.165, 1.54) is 0 Å². The first-order valence-corrected chi connectivity index (χ1v) is 6.03. The molecule has 17 heavy (non-hydrogen) atoms. The largest absolute Gasteiger partial charge is 0.349 e. The van der Waals surface area contributed by atoms with E-state index in [0.717, 1.165) is 12.0 Å². The molecule has 4 N–H and O–H groups in total. The molecule has 0 spiro atoms. The van der Waals surface area contributed by atoms with Crippen molar-refractivity contribution in [1.82, 2.24) is 15.5 Å². The van der Waals surface area contributed by atoms with Gasteiger partial charge in [-0.1, -0.05) is 13.8 Å². The molecule has 2 atom stereocenters. The molecule has 0 aliphatic carbocycles. The van der Waals surface area contributed by atoms with Crippen molar-refractivity contribution in [2.24, 2.45) is 17.6 Å². The van der Waals surface area contributed by atoms with Gasteiger partial charge in [0.25, 0.3) is 0 Å². The SMILES string of the molecule is CC(C)CC(CN)C(=O)NC(C)c1cn[nH]c1.